The Kier molecular flexibility index (Phi) is 5.35. The minimum absolute atomic E-state index is 0.0268. The van der Waals surface area contributed by atoms with Crippen molar-refractivity contribution < 1.29 is 18.0 Å². The summed E-state index contributed by atoms with van der Waals surface area (Å²) in [5, 5.41) is 2.72. The van der Waals surface area contributed by atoms with Crippen LogP contribution in [0.5, 0.6) is 0 Å². The van der Waals surface area contributed by atoms with E-state index >= 15 is 0 Å². The molecule has 21 heavy (non-hydrogen) atoms. The average molecular weight is 429 g/mol. The molecule has 2 nitrogen and oxygen atoms in total. The van der Waals surface area contributed by atoms with Crippen molar-refractivity contribution >= 4 is 37.8 Å². The second-order valence-electron chi connectivity index (χ2n) is 5.18. The standard InChI is InChI=1S/C14H14Br2F3NO/c15-10-3-1-8(5-10)7-20-13(21)9-2-4-12(16)11(6-9)14(17,18)19/h2,4,6,8,10H,1,3,5,7H2,(H,20,21). The van der Waals surface area contributed by atoms with Gasteiger partial charge in [0.2, 0.25) is 0 Å². The van der Waals surface area contributed by atoms with Crippen molar-refractivity contribution in [2.24, 2.45) is 5.92 Å². The summed E-state index contributed by atoms with van der Waals surface area (Å²) < 4.78 is 38.3. The van der Waals surface area contributed by atoms with Crippen LogP contribution in [0.4, 0.5) is 13.2 Å². The normalized spacial score (nSPS) is 22.3. The molecule has 116 valence electrons. The number of halogens is 5. The van der Waals surface area contributed by atoms with Crippen LogP contribution in [-0.2, 0) is 6.18 Å². The summed E-state index contributed by atoms with van der Waals surface area (Å²) in [4.78, 5) is 12.4. The number of hydrogen-bond acceptors (Lipinski definition) is 1. The zero-order valence-corrected chi connectivity index (χ0v) is 14.2. The van der Waals surface area contributed by atoms with Gasteiger partial charge >= 0.3 is 6.18 Å². The molecule has 0 spiro atoms. The molecule has 0 aromatic heterocycles. The highest BCUT2D eigenvalue weighted by atomic mass is 79.9. The minimum atomic E-state index is -4.48. The largest absolute Gasteiger partial charge is 0.417 e. The maximum atomic E-state index is 12.8. The van der Waals surface area contributed by atoms with E-state index in [0.717, 1.165) is 25.3 Å². The third-order valence-corrected chi connectivity index (χ3v) is 5.09. The van der Waals surface area contributed by atoms with Gasteiger partial charge in [-0.25, -0.2) is 0 Å². The highest BCUT2D eigenvalue weighted by molar-refractivity contribution is 9.10. The Hall–Kier alpha value is -0.560. The Labute approximate surface area is 137 Å². The number of rotatable bonds is 3. The van der Waals surface area contributed by atoms with Crippen molar-refractivity contribution in [1.29, 1.82) is 0 Å². The summed E-state index contributed by atoms with van der Waals surface area (Å²) in [5.41, 5.74) is -0.810. The molecule has 1 aliphatic rings. The molecule has 0 heterocycles. The lowest BCUT2D eigenvalue weighted by Gasteiger charge is -2.13. The first-order chi connectivity index (χ1) is 9.77. The predicted molar refractivity (Wildman–Crippen MR) is 81.5 cm³/mol. The van der Waals surface area contributed by atoms with Crippen LogP contribution in [0.1, 0.15) is 35.2 Å². The number of amides is 1. The molecular weight excluding hydrogens is 415 g/mol. The van der Waals surface area contributed by atoms with Crippen molar-refractivity contribution in [2.75, 3.05) is 6.54 Å². The molecule has 0 saturated heterocycles. The van der Waals surface area contributed by atoms with E-state index in [1.54, 1.807) is 0 Å². The maximum absolute atomic E-state index is 12.8. The number of hydrogen-bond donors (Lipinski definition) is 1. The number of carbonyl (C=O) groups excluding carboxylic acids is 1. The van der Waals surface area contributed by atoms with E-state index in [1.165, 1.54) is 12.1 Å². The molecule has 1 amide bonds. The predicted octanol–water partition coefficient (Wildman–Crippen LogP) is 4.76. The molecule has 2 atom stereocenters. The van der Waals surface area contributed by atoms with E-state index in [4.69, 9.17) is 0 Å². The Bertz CT molecular complexity index is 533. The van der Waals surface area contributed by atoms with Crippen LogP contribution in [0, 0.1) is 5.92 Å². The third kappa shape index (κ3) is 4.45. The van der Waals surface area contributed by atoms with E-state index in [2.05, 4.69) is 37.2 Å². The molecule has 1 saturated carbocycles. The molecular formula is C14H14Br2F3NO. The highest BCUT2D eigenvalue weighted by Crippen LogP contribution is 2.35. The van der Waals surface area contributed by atoms with Gasteiger partial charge in [-0.3, -0.25) is 4.79 Å². The van der Waals surface area contributed by atoms with Gasteiger partial charge in [0.15, 0.2) is 0 Å². The van der Waals surface area contributed by atoms with E-state index in [-0.39, 0.29) is 10.0 Å². The first-order valence-electron chi connectivity index (χ1n) is 6.56. The Morgan fingerprint density at radius 1 is 1.33 bits per heavy atom. The summed E-state index contributed by atoms with van der Waals surface area (Å²) in [6.07, 6.45) is -1.42. The van der Waals surface area contributed by atoms with Crippen LogP contribution < -0.4 is 5.32 Å². The van der Waals surface area contributed by atoms with Crippen LogP contribution in [-0.4, -0.2) is 17.3 Å². The zero-order chi connectivity index (χ0) is 15.6. The van der Waals surface area contributed by atoms with Gasteiger partial charge < -0.3 is 5.32 Å². The molecule has 0 aliphatic heterocycles. The van der Waals surface area contributed by atoms with E-state index in [9.17, 15) is 18.0 Å². The zero-order valence-electron chi connectivity index (χ0n) is 11.0. The summed E-state index contributed by atoms with van der Waals surface area (Å²) in [6, 6.07) is 3.51. The van der Waals surface area contributed by atoms with Gasteiger partial charge in [0.25, 0.3) is 5.91 Å². The first-order valence-corrected chi connectivity index (χ1v) is 8.27. The summed E-state index contributed by atoms with van der Waals surface area (Å²) in [5.74, 6) is -0.0816. The monoisotopic (exact) mass is 427 g/mol. The molecule has 7 heteroatoms. The molecule has 1 fully saturated rings. The summed E-state index contributed by atoms with van der Waals surface area (Å²) in [7, 11) is 0. The van der Waals surface area contributed by atoms with Crippen LogP contribution in [0.3, 0.4) is 0 Å². The third-order valence-electron chi connectivity index (χ3n) is 3.56. The second-order valence-corrected chi connectivity index (χ2v) is 7.33. The molecule has 1 aromatic rings. The van der Waals surface area contributed by atoms with Crippen LogP contribution in [0.2, 0.25) is 0 Å². The summed E-state index contributed by atoms with van der Waals surface area (Å²) in [6.45, 7) is 0.498. The molecule has 2 rings (SSSR count). The average Bonchev–Trinajstić information content (AvgIpc) is 2.81. The lowest BCUT2D eigenvalue weighted by atomic mass is 10.1. The molecule has 1 N–H and O–H groups in total. The Morgan fingerprint density at radius 3 is 2.62 bits per heavy atom. The first kappa shape index (κ1) is 16.8. The molecule has 1 aliphatic carbocycles. The highest BCUT2D eigenvalue weighted by Gasteiger charge is 2.33. The van der Waals surface area contributed by atoms with Gasteiger partial charge in [0.1, 0.15) is 0 Å². The molecule has 0 radical (unpaired) electrons. The Morgan fingerprint density at radius 2 is 2.05 bits per heavy atom. The van der Waals surface area contributed by atoms with Crippen LogP contribution in [0.15, 0.2) is 22.7 Å². The fourth-order valence-electron chi connectivity index (χ4n) is 2.42. The number of benzene rings is 1. The van der Waals surface area contributed by atoms with Crippen molar-refractivity contribution in [3.8, 4) is 0 Å². The number of carbonyl (C=O) groups is 1. The smallest absolute Gasteiger partial charge is 0.352 e. The van der Waals surface area contributed by atoms with E-state index in [0.29, 0.717) is 17.3 Å². The van der Waals surface area contributed by atoms with Crippen molar-refractivity contribution in [2.45, 2.75) is 30.3 Å². The van der Waals surface area contributed by atoms with Gasteiger partial charge in [0.05, 0.1) is 5.56 Å². The van der Waals surface area contributed by atoms with Crippen molar-refractivity contribution in [3.63, 3.8) is 0 Å². The fraction of sp³-hybridized carbons (Fsp3) is 0.500. The number of alkyl halides is 4. The SMILES string of the molecule is O=C(NCC1CCC(Br)C1)c1ccc(Br)c(C(F)(F)F)c1. The fourth-order valence-corrected chi connectivity index (χ4v) is 3.69. The number of nitrogens with one attached hydrogen (secondary N) is 1. The topological polar surface area (TPSA) is 29.1 Å². The second kappa shape index (κ2) is 6.69. The van der Waals surface area contributed by atoms with Crippen molar-refractivity contribution in [3.05, 3.63) is 33.8 Å². The molecule has 1 aromatic carbocycles. The van der Waals surface area contributed by atoms with Gasteiger partial charge in [-0.15, -0.1) is 0 Å². The molecule has 2 unspecified atom stereocenters. The van der Waals surface area contributed by atoms with Crippen LogP contribution >= 0.6 is 31.9 Å². The minimum Gasteiger partial charge on any atom is -0.352 e. The quantitative estimate of drug-likeness (QED) is 0.691. The lowest BCUT2D eigenvalue weighted by Crippen LogP contribution is -2.28. The summed E-state index contributed by atoms with van der Waals surface area (Å²) >= 11 is 6.38. The maximum Gasteiger partial charge on any atom is 0.417 e. The van der Waals surface area contributed by atoms with Gasteiger partial charge in [-0.1, -0.05) is 31.9 Å². The lowest BCUT2D eigenvalue weighted by molar-refractivity contribution is -0.138. The molecule has 0 bridgehead atoms. The van der Waals surface area contributed by atoms with E-state index in [1.807, 2.05) is 0 Å². The Balaban J connectivity index is 2.02. The van der Waals surface area contributed by atoms with Crippen molar-refractivity contribution in [1.82, 2.24) is 5.32 Å². The van der Waals surface area contributed by atoms with Gasteiger partial charge in [-0.2, -0.15) is 13.2 Å². The van der Waals surface area contributed by atoms with Gasteiger partial charge in [-0.05, 0) is 43.4 Å². The van der Waals surface area contributed by atoms with Crippen LogP contribution in [0.25, 0.3) is 0 Å². The van der Waals surface area contributed by atoms with Gasteiger partial charge in [0, 0.05) is 21.4 Å². The van der Waals surface area contributed by atoms with E-state index < -0.39 is 17.6 Å².